The van der Waals surface area contributed by atoms with E-state index < -0.39 is 10.0 Å². The van der Waals surface area contributed by atoms with E-state index in [1.54, 1.807) is 37.3 Å². The number of aromatic nitrogens is 1. The van der Waals surface area contributed by atoms with E-state index in [0.717, 1.165) is 0 Å². The van der Waals surface area contributed by atoms with Crippen molar-refractivity contribution in [1.82, 2.24) is 5.16 Å². The van der Waals surface area contributed by atoms with Crippen molar-refractivity contribution in [2.75, 3.05) is 18.9 Å². The first-order valence-corrected chi connectivity index (χ1v) is 9.51. The number of thiophene rings is 1. The van der Waals surface area contributed by atoms with Crippen LogP contribution >= 0.6 is 11.3 Å². The number of rotatable bonds is 6. The molecule has 2 heterocycles. The number of nitrogens with zero attached hydrogens (tertiary/aromatic N) is 1. The Morgan fingerprint density at radius 2 is 1.96 bits per heavy atom. The van der Waals surface area contributed by atoms with Crippen molar-refractivity contribution < 1.29 is 22.4 Å². The fraction of sp³-hybridized carbons (Fsp3) is 0.188. The molecule has 0 spiro atoms. The molecule has 3 rings (SSSR count). The van der Waals surface area contributed by atoms with Crippen LogP contribution in [0.15, 0.2) is 45.9 Å². The lowest BCUT2D eigenvalue weighted by atomic mass is 10.3. The average molecular weight is 380 g/mol. The number of hydrogen-bond donors (Lipinski definition) is 1. The Balaban J connectivity index is 1.98. The summed E-state index contributed by atoms with van der Waals surface area (Å²) in [5, 5.41) is 3.65. The molecular weight excluding hydrogens is 364 g/mol. The maximum Gasteiger partial charge on any atom is 0.263 e. The Hall–Kier alpha value is -2.52. The summed E-state index contributed by atoms with van der Waals surface area (Å²) in [5.41, 5.74) is 0.300. The van der Waals surface area contributed by atoms with E-state index >= 15 is 0 Å². The highest BCUT2D eigenvalue weighted by molar-refractivity contribution is 7.93. The summed E-state index contributed by atoms with van der Waals surface area (Å²) in [6.07, 6.45) is 1.51. The molecule has 0 aliphatic carbocycles. The van der Waals surface area contributed by atoms with E-state index in [-0.39, 0.29) is 4.90 Å². The van der Waals surface area contributed by atoms with Crippen LogP contribution in [0.1, 0.15) is 4.88 Å². The topological polar surface area (TPSA) is 90.7 Å². The summed E-state index contributed by atoms with van der Waals surface area (Å²) >= 11 is 1.32. The lowest BCUT2D eigenvalue weighted by molar-refractivity contribution is 0.405. The third-order valence-electron chi connectivity index (χ3n) is 3.49. The largest absolute Gasteiger partial charge is 0.497 e. The van der Waals surface area contributed by atoms with Crippen LogP contribution in [-0.2, 0) is 10.0 Å². The van der Waals surface area contributed by atoms with Gasteiger partial charge in [0.05, 0.1) is 31.0 Å². The van der Waals surface area contributed by atoms with Gasteiger partial charge in [-0.3, -0.25) is 4.72 Å². The van der Waals surface area contributed by atoms with Crippen molar-refractivity contribution in [2.24, 2.45) is 0 Å². The van der Waals surface area contributed by atoms with Gasteiger partial charge >= 0.3 is 0 Å². The summed E-state index contributed by atoms with van der Waals surface area (Å²) in [6.45, 7) is 1.74. The highest BCUT2D eigenvalue weighted by atomic mass is 32.2. The standard InChI is InChI=1S/C16H16N2O5S2/c1-10-16(9-15(24-10)14-6-7-17-23-14)25(19,20)18-12-8-11(21-2)4-5-13(12)22-3/h4-9,18H,1-3H3. The van der Waals surface area contributed by atoms with Gasteiger partial charge in [0.2, 0.25) is 0 Å². The summed E-state index contributed by atoms with van der Waals surface area (Å²) in [6, 6.07) is 8.14. The third kappa shape index (κ3) is 3.47. The molecule has 0 amide bonds. The van der Waals surface area contributed by atoms with Gasteiger partial charge in [-0.15, -0.1) is 11.3 Å². The van der Waals surface area contributed by atoms with E-state index in [4.69, 9.17) is 14.0 Å². The molecule has 132 valence electrons. The van der Waals surface area contributed by atoms with Gasteiger partial charge < -0.3 is 14.0 Å². The van der Waals surface area contributed by atoms with Crippen LogP contribution < -0.4 is 14.2 Å². The maximum atomic E-state index is 12.8. The number of sulfonamides is 1. The number of ether oxygens (including phenoxy) is 2. The van der Waals surface area contributed by atoms with Crippen LogP contribution in [0.4, 0.5) is 5.69 Å². The maximum absolute atomic E-state index is 12.8. The normalized spacial score (nSPS) is 11.3. The van der Waals surface area contributed by atoms with Gasteiger partial charge in [0.1, 0.15) is 16.4 Å². The van der Waals surface area contributed by atoms with Crippen LogP contribution in [0.2, 0.25) is 0 Å². The molecule has 0 fully saturated rings. The molecule has 0 radical (unpaired) electrons. The van der Waals surface area contributed by atoms with Gasteiger partial charge in [-0.1, -0.05) is 5.16 Å². The number of methoxy groups -OCH3 is 2. The van der Waals surface area contributed by atoms with Gasteiger partial charge in [-0.05, 0) is 25.1 Å². The Kier molecular flexibility index (Phi) is 4.69. The number of aryl methyl sites for hydroxylation is 1. The smallest absolute Gasteiger partial charge is 0.263 e. The van der Waals surface area contributed by atoms with Gasteiger partial charge in [0, 0.05) is 17.0 Å². The molecule has 25 heavy (non-hydrogen) atoms. The molecule has 0 atom stereocenters. The van der Waals surface area contributed by atoms with E-state index in [2.05, 4.69) is 9.88 Å². The summed E-state index contributed by atoms with van der Waals surface area (Å²) in [7, 11) is -0.833. The molecule has 0 saturated carbocycles. The first kappa shape index (κ1) is 17.3. The zero-order valence-electron chi connectivity index (χ0n) is 13.8. The van der Waals surface area contributed by atoms with Crippen molar-refractivity contribution in [3.05, 3.63) is 41.4 Å². The van der Waals surface area contributed by atoms with Gasteiger partial charge in [0.25, 0.3) is 10.0 Å². The van der Waals surface area contributed by atoms with E-state index in [0.29, 0.717) is 32.7 Å². The molecule has 7 nitrogen and oxygen atoms in total. The predicted octanol–water partition coefficient (Wildman–Crippen LogP) is 3.53. The minimum absolute atomic E-state index is 0.175. The highest BCUT2D eigenvalue weighted by Crippen LogP contribution is 2.36. The number of benzene rings is 1. The Bertz CT molecular complexity index is 978. The van der Waals surface area contributed by atoms with Crippen LogP contribution in [0, 0.1) is 6.92 Å². The minimum atomic E-state index is -3.81. The number of anilines is 1. The Morgan fingerprint density at radius 1 is 1.16 bits per heavy atom. The van der Waals surface area contributed by atoms with Crippen molar-refractivity contribution in [1.29, 1.82) is 0 Å². The van der Waals surface area contributed by atoms with E-state index in [1.807, 2.05) is 0 Å². The number of nitrogens with one attached hydrogen (secondary N) is 1. The Labute approximate surface area is 149 Å². The molecule has 1 N–H and O–H groups in total. The molecule has 3 aromatic rings. The van der Waals surface area contributed by atoms with Crippen LogP contribution in [0.25, 0.3) is 10.6 Å². The average Bonchev–Trinajstić information content (AvgIpc) is 3.23. The summed E-state index contributed by atoms with van der Waals surface area (Å²) in [4.78, 5) is 1.50. The second kappa shape index (κ2) is 6.77. The molecule has 0 aliphatic heterocycles. The zero-order valence-corrected chi connectivity index (χ0v) is 15.4. The lowest BCUT2D eigenvalue weighted by Crippen LogP contribution is -2.14. The SMILES string of the molecule is COc1ccc(OC)c(NS(=O)(=O)c2cc(-c3ccno3)sc2C)c1. The van der Waals surface area contributed by atoms with Crippen molar-refractivity contribution in [2.45, 2.75) is 11.8 Å². The second-order valence-corrected chi connectivity index (χ2v) is 7.99. The fourth-order valence-corrected chi connectivity index (χ4v) is 4.90. The van der Waals surface area contributed by atoms with Crippen LogP contribution in [0.5, 0.6) is 11.5 Å². The van der Waals surface area contributed by atoms with Crippen LogP contribution in [-0.4, -0.2) is 27.8 Å². The summed E-state index contributed by atoms with van der Waals surface area (Å²) in [5.74, 6) is 1.43. The monoisotopic (exact) mass is 380 g/mol. The lowest BCUT2D eigenvalue weighted by Gasteiger charge is -2.13. The molecule has 2 aromatic heterocycles. The molecule has 0 bridgehead atoms. The van der Waals surface area contributed by atoms with Gasteiger partial charge in [0.15, 0.2) is 5.76 Å². The van der Waals surface area contributed by atoms with Gasteiger partial charge in [-0.25, -0.2) is 8.42 Å². The first-order valence-electron chi connectivity index (χ1n) is 7.21. The van der Waals surface area contributed by atoms with Crippen LogP contribution in [0.3, 0.4) is 0 Å². The van der Waals surface area contributed by atoms with E-state index in [1.165, 1.54) is 31.8 Å². The van der Waals surface area contributed by atoms with E-state index in [9.17, 15) is 8.42 Å². The quantitative estimate of drug-likeness (QED) is 0.703. The second-order valence-electron chi connectivity index (χ2n) is 5.08. The first-order chi connectivity index (χ1) is 11.9. The third-order valence-corrected chi connectivity index (χ3v) is 6.18. The van der Waals surface area contributed by atoms with Crippen molar-refractivity contribution in [3.63, 3.8) is 0 Å². The predicted molar refractivity (Wildman–Crippen MR) is 94.9 cm³/mol. The van der Waals surface area contributed by atoms with Gasteiger partial charge in [-0.2, -0.15) is 0 Å². The van der Waals surface area contributed by atoms with Crippen molar-refractivity contribution >= 4 is 27.0 Å². The molecule has 1 aromatic carbocycles. The Morgan fingerprint density at radius 3 is 2.60 bits per heavy atom. The molecular formula is C16H16N2O5S2. The zero-order chi connectivity index (χ0) is 18.0. The molecule has 9 heteroatoms. The van der Waals surface area contributed by atoms with Crippen molar-refractivity contribution in [3.8, 4) is 22.1 Å². The fourth-order valence-electron chi connectivity index (χ4n) is 2.29. The highest BCUT2D eigenvalue weighted by Gasteiger charge is 2.23. The molecule has 0 unspecified atom stereocenters. The minimum Gasteiger partial charge on any atom is -0.497 e. The number of hydrogen-bond acceptors (Lipinski definition) is 7. The summed E-state index contributed by atoms with van der Waals surface area (Å²) < 4.78 is 43.7. The molecule has 0 aliphatic rings. The molecule has 0 saturated heterocycles.